The average molecular weight is 490 g/mol. The third-order valence-corrected chi connectivity index (χ3v) is 6.02. The van der Waals surface area contributed by atoms with E-state index < -0.39 is 18.1 Å². The van der Waals surface area contributed by atoms with Gasteiger partial charge in [0.05, 0.1) is 0 Å². The van der Waals surface area contributed by atoms with Crippen LogP contribution in [0.15, 0.2) is 54.6 Å². The van der Waals surface area contributed by atoms with Crippen molar-refractivity contribution in [2.45, 2.75) is 64.0 Å². The molecule has 0 spiro atoms. The second-order valence-electron chi connectivity index (χ2n) is 8.70. The van der Waals surface area contributed by atoms with Crippen molar-refractivity contribution in [2.24, 2.45) is 0 Å². The molecule has 0 saturated carbocycles. The number of rotatable bonds is 12. The fourth-order valence-corrected chi connectivity index (χ4v) is 4.23. The SMILES string of the molecule is CC(COc1ccccc1CCc1ccccc1)OC(=O)C(CCC(=O)O)N1CCCCC1.Cl. The minimum Gasteiger partial charge on any atom is -0.489 e. The van der Waals surface area contributed by atoms with Gasteiger partial charge >= 0.3 is 11.9 Å². The predicted molar refractivity (Wildman–Crippen MR) is 135 cm³/mol. The van der Waals surface area contributed by atoms with Gasteiger partial charge in [0.1, 0.15) is 24.5 Å². The Balaban J connectivity index is 0.00000408. The van der Waals surface area contributed by atoms with Crippen LogP contribution in [-0.2, 0) is 27.2 Å². The summed E-state index contributed by atoms with van der Waals surface area (Å²) in [5.41, 5.74) is 2.40. The summed E-state index contributed by atoms with van der Waals surface area (Å²) in [6.07, 6.45) is 4.76. The van der Waals surface area contributed by atoms with Gasteiger partial charge in [-0.25, -0.2) is 0 Å². The van der Waals surface area contributed by atoms with Crippen molar-refractivity contribution in [3.05, 3.63) is 65.7 Å². The largest absolute Gasteiger partial charge is 0.489 e. The number of hydrogen-bond donors (Lipinski definition) is 1. The summed E-state index contributed by atoms with van der Waals surface area (Å²) in [6, 6.07) is 17.8. The third-order valence-electron chi connectivity index (χ3n) is 6.02. The number of carbonyl (C=O) groups is 2. The van der Waals surface area contributed by atoms with Gasteiger partial charge in [-0.05, 0) is 69.3 Å². The Bertz CT molecular complexity index is 886. The maximum absolute atomic E-state index is 12.9. The number of likely N-dealkylation sites (tertiary alicyclic amines) is 1. The van der Waals surface area contributed by atoms with Crippen molar-refractivity contribution >= 4 is 24.3 Å². The Hall–Kier alpha value is -2.57. The lowest BCUT2D eigenvalue weighted by Gasteiger charge is -2.33. The van der Waals surface area contributed by atoms with Crippen molar-refractivity contribution in [3.8, 4) is 5.75 Å². The number of aryl methyl sites for hydroxylation is 2. The lowest BCUT2D eigenvalue weighted by molar-refractivity contribution is -0.157. The van der Waals surface area contributed by atoms with Gasteiger partial charge in [0.15, 0.2) is 0 Å². The zero-order valence-electron chi connectivity index (χ0n) is 19.9. The Morgan fingerprint density at radius 1 is 0.971 bits per heavy atom. The van der Waals surface area contributed by atoms with Crippen LogP contribution < -0.4 is 4.74 Å². The number of ether oxygens (including phenoxy) is 2. The molecule has 1 aliphatic rings. The number of aliphatic carboxylic acids is 1. The molecule has 1 N–H and O–H groups in total. The summed E-state index contributed by atoms with van der Waals surface area (Å²) in [5, 5.41) is 9.09. The predicted octanol–water partition coefficient (Wildman–Crippen LogP) is 4.92. The zero-order valence-corrected chi connectivity index (χ0v) is 20.7. The number of carbonyl (C=O) groups excluding carboxylic acids is 1. The maximum Gasteiger partial charge on any atom is 0.323 e. The number of nitrogens with zero attached hydrogens (tertiary/aromatic N) is 1. The molecule has 1 heterocycles. The topological polar surface area (TPSA) is 76.1 Å². The zero-order chi connectivity index (χ0) is 23.5. The van der Waals surface area contributed by atoms with Crippen molar-refractivity contribution < 1.29 is 24.2 Å². The number of benzene rings is 2. The normalized spacial score (nSPS) is 15.6. The highest BCUT2D eigenvalue weighted by Gasteiger charge is 2.30. The minimum atomic E-state index is -0.895. The number of carboxylic acid groups (broad SMARTS) is 1. The first-order valence-corrected chi connectivity index (χ1v) is 11.9. The van der Waals surface area contributed by atoms with Crippen LogP contribution in [0.5, 0.6) is 5.75 Å². The molecule has 0 amide bonds. The fourth-order valence-electron chi connectivity index (χ4n) is 4.23. The molecule has 34 heavy (non-hydrogen) atoms. The molecular formula is C27H36ClNO5. The molecule has 1 saturated heterocycles. The van der Waals surface area contributed by atoms with Gasteiger partial charge in [-0.15, -0.1) is 12.4 Å². The number of hydrogen-bond acceptors (Lipinski definition) is 5. The summed E-state index contributed by atoms with van der Waals surface area (Å²) >= 11 is 0. The van der Waals surface area contributed by atoms with Gasteiger partial charge in [0.2, 0.25) is 0 Å². The fraction of sp³-hybridized carbons (Fsp3) is 0.481. The number of piperidine rings is 1. The van der Waals surface area contributed by atoms with E-state index in [1.54, 1.807) is 0 Å². The lowest BCUT2D eigenvalue weighted by atomic mass is 10.0. The molecule has 2 aromatic rings. The first-order chi connectivity index (χ1) is 16.0. The summed E-state index contributed by atoms with van der Waals surface area (Å²) in [5.74, 6) is -0.449. The van der Waals surface area contributed by atoms with E-state index in [1.165, 1.54) is 5.56 Å². The molecule has 0 radical (unpaired) electrons. The van der Waals surface area contributed by atoms with Gasteiger partial charge in [-0.2, -0.15) is 0 Å². The first-order valence-electron chi connectivity index (χ1n) is 11.9. The molecule has 1 fully saturated rings. The molecule has 2 atom stereocenters. The second-order valence-corrected chi connectivity index (χ2v) is 8.70. The van der Waals surface area contributed by atoms with E-state index in [0.29, 0.717) is 0 Å². The van der Waals surface area contributed by atoms with Crippen molar-refractivity contribution in [1.29, 1.82) is 0 Å². The highest BCUT2D eigenvalue weighted by Crippen LogP contribution is 2.21. The van der Waals surface area contributed by atoms with Gasteiger partial charge < -0.3 is 14.6 Å². The molecule has 3 rings (SSSR count). The Kier molecular flexibility index (Phi) is 11.9. The molecule has 2 aromatic carbocycles. The minimum absolute atomic E-state index is 0. The third kappa shape index (κ3) is 8.99. The Morgan fingerprint density at radius 2 is 1.65 bits per heavy atom. The van der Waals surface area contributed by atoms with Crippen LogP contribution in [0.25, 0.3) is 0 Å². The first kappa shape index (κ1) is 27.7. The lowest BCUT2D eigenvalue weighted by Crippen LogP contribution is -2.46. The van der Waals surface area contributed by atoms with Crippen molar-refractivity contribution in [1.82, 2.24) is 4.90 Å². The quantitative estimate of drug-likeness (QED) is 0.426. The van der Waals surface area contributed by atoms with Gasteiger partial charge in [0.25, 0.3) is 0 Å². The molecule has 0 aliphatic carbocycles. The van der Waals surface area contributed by atoms with Crippen LogP contribution in [0.2, 0.25) is 0 Å². The second kappa shape index (κ2) is 14.6. The summed E-state index contributed by atoms with van der Waals surface area (Å²) in [7, 11) is 0. The number of para-hydroxylation sites is 1. The van der Waals surface area contributed by atoms with Crippen LogP contribution in [0.4, 0.5) is 0 Å². The summed E-state index contributed by atoms with van der Waals surface area (Å²) in [4.78, 5) is 26.0. The van der Waals surface area contributed by atoms with Crippen molar-refractivity contribution in [2.75, 3.05) is 19.7 Å². The van der Waals surface area contributed by atoms with Crippen LogP contribution in [0.3, 0.4) is 0 Å². The number of esters is 1. The molecule has 6 nitrogen and oxygen atoms in total. The van der Waals surface area contributed by atoms with E-state index >= 15 is 0 Å². The number of halogens is 1. The highest BCUT2D eigenvalue weighted by atomic mass is 35.5. The van der Waals surface area contributed by atoms with E-state index in [-0.39, 0.29) is 37.8 Å². The highest BCUT2D eigenvalue weighted by molar-refractivity contribution is 5.85. The van der Waals surface area contributed by atoms with Gasteiger partial charge in [-0.3, -0.25) is 14.5 Å². The van der Waals surface area contributed by atoms with E-state index in [1.807, 2.05) is 43.3 Å². The molecule has 0 aromatic heterocycles. The smallest absolute Gasteiger partial charge is 0.323 e. The van der Waals surface area contributed by atoms with Gasteiger partial charge in [-0.1, -0.05) is 55.0 Å². The molecule has 186 valence electrons. The van der Waals surface area contributed by atoms with E-state index in [9.17, 15) is 9.59 Å². The average Bonchev–Trinajstić information content (AvgIpc) is 2.83. The summed E-state index contributed by atoms with van der Waals surface area (Å²) in [6.45, 7) is 3.67. The Labute approximate surface area is 208 Å². The molecular weight excluding hydrogens is 454 g/mol. The van der Waals surface area contributed by atoms with Crippen LogP contribution >= 0.6 is 12.4 Å². The van der Waals surface area contributed by atoms with E-state index in [0.717, 1.165) is 56.5 Å². The van der Waals surface area contributed by atoms with E-state index in [2.05, 4.69) is 23.1 Å². The Morgan fingerprint density at radius 3 is 2.35 bits per heavy atom. The van der Waals surface area contributed by atoms with E-state index in [4.69, 9.17) is 14.6 Å². The number of carboxylic acids is 1. The van der Waals surface area contributed by atoms with Crippen LogP contribution in [0, 0.1) is 0 Å². The standard InChI is InChI=1S/C27H35NO5.ClH/c1-21(33-27(31)24(16-17-26(29)30)28-18-8-3-9-19-28)20-32-25-13-7-6-12-23(25)15-14-22-10-4-2-5-11-22;/h2,4-7,10-13,21,24H,3,8-9,14-20H2,1H3,(H,29,30);1H. The maximum atomic E-state index is 12.9. The molecule has 0 bridgehead atoms. The molecule has 2 unspecified atom stereocenters. The van der Waals surface area contributed by atoms with Gasteiger partial charge in [0, 0.05) is 6.42 Å². The van der Waals surface area contributed by atoms with Crippen molar-refractivity contribution in [3.63, 3.8) is 0 Å². The summed E-state index contributed by atoms with van der Waals surface area (Å²) < 4.78 is 11.7. The molecule has 7 heteroatoms. The van der Waals surface area contributed by atoms with Crippen LogP contribution in [0.1, 0.15) is 50.2 Å². The monoisotopic (exact) mass is 489 g/mol. The molecule has 1 aliphatic heterocycles. The van der Waals surface area contributed by atoms with Crippen LogP contribution in [-0.4, -0.2) is 53.8 Å².